The summed E-state index contributed by atoms with van der Waals surface area (Å²) in [6.07, 6.45) is -1.69. The van der Waals surface area contributed by atoms with E-state index in [1.165, 1.54) is 24.4 Å². The van der Waals surface area contributed by atoms with Crippen LogP contribution in [0, 0.1) is 11.6 Å². The third-order valence-corrected chi connectivity index (χ3v) is 6.58. The lowest BCUT2D eigenvalue weighted by molar-refractivity contribution is -0.137. The largest absolute Gasteiger partial charge is 0.438 e. The van der Waals surface area contributed by atoms with Gasteiger partial charge in [0.1, 0.15) is 34.3 Å². The van der Waals surface area contributed by atoms with Gasteiger partial charge in [-0.1, -0.05) is 42.5 Å². The van der Waals surface area contributed by atoms with Crippen LogP contribution >= 0.6 is 0 Å². The SMILES string of the molecule is O=C(Nc1ccc(F)cc1F)c1cccnc1Oc1cccc(C(F)(F)F)c1.O=C(Nc1ccccc1)c1cccnc1Oc1ccccc1. The second kappa shape index (κ2) is 16.0. The minimum Gasteiger partial charge on any atom is -0.438 e. The summed E-state index contributed by atoms with van der Waals surface area (Å²) in [5.41, 5.74) is -0.249. The number of nitrogens with one attached hydrogen (secondary N) is 2. The van der Waals surface area contributed by atoms with Crippen LogP contribution in [0.4, 0.5) is 33.3 Å². The van der Waals surface area contributed by atoms with Gasteiger partial charge in [0, 0.05) is 24.1 Å². The van der Waals surface area contributed by atoms with Crippen molar-refractivity contribution >= 4 is 23.2 Å². The van der Waals surface area contributed by atoms with Gasteiger partial charge in [0.25, 0.3) is 11.8 Å². The maximum Gasteiger partial charge on any atom is 0.416 e. The summed E-state index contributed by atoms with van der Waals surface area (Å²) in [5, 5.41) is 5.06. The van der Waals surface area contributed by atoms with Gasteiger partial charge in [-0.15, -0.1) is 0 Å². The quantitative estimate of drug-likeness (QED) is 0.155. The molecule has 0 spiro atoms. The Hall–Kier alpha value is -6.63. The highest BCUT2D eigenvalue weighted by Crippen LogP contribution is 2.33. The van der Waals surface area contributed by atoms with Crippen LogP contribution in [0.2, 0.25) is 0 Å². The molecule has 252 valence electrons. The van der Waals surface area contributed by atoms with E-state index in [-0.39, 0.29) is 34.7 Å². The standard InChI is InChI=1S/C19H11F5N2O2.C18H14N2O2/c20-12-6-7-16(15(21)10-12)26-17(27)14-5-2-8-25-18(14)28-13-4-1-3-11(9-13)19(22,23)24;21-17(20-14-8-3-1-4-9-14)16-12-7-13-19-18(16)22-15-10-5-2-6-11-15/h1-10H,(H,26,27);1-13H,(H,20,21). The van der Waals surface area contributed by atoms with Gasteiger partial charge in [-0.3, -0.25) is 9.59 Å². The first kappa shape index (κ1) is 34.7. The summed E-state index contributed by atoms with van der Waals surface area (Å²) in [6.45, 7) is 0. The van der Waals surface area contributed by atoms with Crippen LogP contribution in [-0.2, 0) is 6.18 Å². The minimum absolute atomic E-state index is 0.149. The summed E-state index contributed by atoms with van der Waals surface area (Å²) in [5.74, 6) is -2.44. The van der Waals surface area contributed by atoms with Gasteiger partial charge in [0.05, 0.1) is 11.3 Å². The Balaban J connectivity index is 0.000000200. The van der Waals surface area contributed by atoms with Crippen molar-refractivity contribution in [3.63, 3.8) is 0 Å². The number of benzene rings is 4. The fourth-order valence-corrected chi connectivity index (χ4v) is 4.24. The molecule has 4 aromatic carbocycles. The van der Waals surface area contributed by atoms with Gasteiger partial charge in [-0.05, 0) is 78.9 Å². The number of carbonyl (C=O) groups excluding carboxylic acids is 2. The molecule has 50 heavy (non-hydrogen) atoms. The number of anilines is 2. The average molecular weight is 685 g/mol. The lowest BCUT2D eigenvalue weighted by atomic mass is 10.2. The van der Waals surface area contributed by atoms with E-state index >= 15 is 0 Å². The minimum atomic E-state index is -4.57. The van der Waals surface area contributed by atoms with Gasteiger partial charge < -0.3 is 20.1 Å². The predicted octanol–water partition coefficient (Wildman–Crippen LogP) is 9.55. The molecule has 6 rings (SSSR count). The molecular formula is C37H25F5N4O4. The number of amides is 2. The lowest BCUT2D eigenvalue weighted by Crippen LogP contribution is -2.14. The van der Waals surface area contributed by atoms with Crippen LogP contribution < -0.4 is 20.1 Å². The lowest BCUT2D eigenvalue weighted by Gasteiger charge is -2.12. The van der Waals surface area contributed by atoms with E-state index in [1.807, 2.05) is 60.7 Å². The van der Waals surface area contributed by atoms with Crippen molar-refractivity contribution in [3.05, 3.63) is 168 Å². The Bertz CT molecular complexity index is 2080. The fourth-order valence-electron chi connectivity index (χ4n) is 4.24. The Kier molecular flexibility index (Phi) is 11.1. The van der Waals surface area contributed by atoms with E-state index in [2.05, 4.69) is 20.6 Å². The molecule has 6 aromatic rings. The van der Waals surface area contributed by atoms with Gasteiger partial charge in [0.2, 0.25) is 11.8 Å². The van der Waals surface area contributed by atoms with Crippen LogP contribution in [0.1, 0.15) is 26.3 Å². The van der Waals surface area contributed by atoms with Crippen molar-refractivity contribution in [2.24, 2.45) is 0 Å². The predicted molar refractivity (Wildman–Crippen MR) is 175 cm³/mol. The van der Waals surface area contributed by atoms with E-state index < -0.39 is 29.3 Å². The number of para-hydroxylation sites is 2. The van der Waals surface area contributed by atoms with E-state index in [9.17, 15) is 31.5 Å². The van der Waals surface area contributed by atoms with Crippen LogP contribution in [-0.4, -0.2) is 21.8 Å². The highest BCUT2D eigenvalue weighted by molar-refractivity contribution is 6.06. The normalized spacial score (nSPS) is 10.7. The number of pyridine rings is 2. The van der Waals surface area contributed by atoms with Crippen molar-refractivity contribution in [2.75, 3.05) is 10.6 Å². The summed E-state index contributed by atoms with van der Waals surface area (Å²) in [6, 6.07) is 31.2. The third-order valence-electron chi connectivity index (χ3n) is 6.58. The van der Waals surface area contributed by atoms with Crippen molar-refractivity contribution < 1.29 is 41.0 Å². The van der Waals surface area contributed by atoms with Crippen LogP contribution in [0.25, 0.3) is 0 Å². The molecular weight excluding hydrogens is 659 g/mol. The van der Waals surface area contributed by atoms with Crippen LogP contribution in [0.3, 0.4) is 0 Å². The van der Waals surface area contributed by atoms with Gasteiger partial charge in [0.15, 0.2) is 0 Å². The molecule has 2 heterocycles. The topological polar surface area (TPSA) is 102 Å². The Morgan fingerprint density at radius 1 is 0.580 bits per heavy atom. The zero-order valence-electron chi connectivity index (χ0n) is 25.7. The molecule has 0 unspecified atom stereocenters. The smallest absolute Gasteiger partial charge is 0.416 e. The average Bonchev–Trinajstić information content (AvgIpc) is 3.11. The highest BCUT2D eigenvalue weighted by atomic mass is 19.4. The molecule has 2 N–H and O–H groups in total. The summed E-state index contributed by atoms with van der Waals surface area (Å²) in [4.78, 5) is 32.8. The van der Waals surface area contributed by atoms with E-state index in [1.54, 1.807) is 18.3 Å². The molecule has 0 saturated heterocycles. The molecule has 0 atom stereocenters. The number of aromatic nitrogens is 2. The van der Waals surface area contributed by atoms with Crippen molar-refractivity contribution in [3.8, 4) is 23.3 Å². The molecule has 2 amide bonds. The van der Waals surface area contributed by atoms with E-state index in [0.29, 0.717) is 17.4 Å². The molecule has 8 nitrogen and oxygen atoms in total. The maximum absolute atomic E-state index is 13.7. The summed E-state index contributed by atoms with van der Waals surface area (Å²) >= 11 is 0. The molecule has 0 aliphatic heterocycles. The Morgan fingerprint density at radius 3 is 1.74 bits per heavy atom. The van der Waals surface area contributed by atoms with Crippen molar-refractivity contribution in [2.45, 2.75) is 6.18 Å². The fraction of sp³-hybridized carbons (Fsp3) is 0.0270. The molecule has 13 heteroatoms. The molecule has 2 aromatic heterocycles. The number of ether oxygens (including phenoxy) is 2. The third kappa shape index (κ3) is 9.47. The van der Waals surface area contributed by atoms with Gasteiger partial charge in [-0.25, -0.2) is 18.7 Å². The first-order valence-electron chi connectivity index (χ1n) is 14.7. The monoisotopic (exact) mass is 684 g/mol. The van der Waals surface area contributed by atoms with Gasteiger partial charge >= 0.3 is 6.18 Å². The van der Waals surface area contributed by atoms with E-state index in [0.717, 1.165) is 36.0 Å². The van der Waals surface area contributed by atoms with Gasteiger partial charge in [-0.2, -0.15) is 13.2 Å². The van der Waals surface area contributed by atoms with E-state index in [4.69, 9.17) is 9.47 Å². The zero-order chi connectivity index (χ0) is 35.5. The zero-order valence-corrected chi connectivity index (χ0v) is 25.7. The Morgan fingerprint density at radius 2 is 1.14 bits per heavy atom. The number of rotatable bonds is 8. The van der Waals surface area contributed by atoms with Crippen LogP contribution in [0.5, 0.6) is 23.3 Å². The summed E-state index contributed by atoms with van der Waals surface area (Å²) < 4.78 is 76.2. The number of carbonyl (C=O) groups is 2. The van der Waals surface area contributed by atoms with Crippen molar-refractivity contribution in [1.29, 1.82) is 0 Å². The maximum atomic E-state index is 13.7. The van der Waals surface area contributed by atoms with Crippen molar-refractivity contribution in [1.82, 2.24) is 9.97 Å². The first-order chi connectivity index (χ1) is 24.1. The number of hydrogen-bond donors (Lipinski definition) is 2. The molecule has 0 saturated carbocycles. The second-order valence-corrected chi connectivity index (χ2v) is 10.2. The molecule has 0 bridgehead atoms. The first-order valence-corrected chi connectivity index (χ1v) is 14.7. The number of alkyl halides is 3. The highest BCUT2D eigenvalue weighted by Gasteiger charge is 2.31. The molecule has 0 aliphatic rings. The number of nitrogens with zero attached hydrogens (tertiary/aromatic N) is 2. The molecule has 0 fully saturated rings. The molecule has 0 radical (unpaired) electrons. The Labute approximate surface area is 282 Å². The number of hydrogen-bond acceptors (Lipinski definition) is 6. The van der Waals surface area contributed by atoms with Crippen LogP contribution in [0.15, 0.2) is 140 Å². The molecule has 0 aliphatic carbocycles. The summed E-state index contributed by atoms with van der Waals surface area (Å²) in [7, 11) is 0. The number of halogens is 5. The second-order valence-electron chi connectivity index (χ2n) is 10.2.